The van der Waals surface area contributed by atoms with Crippen LogP contribution in [0, 0.1) is 10.1 Å². The highest BCUT2D eigenvalue weighted by molar-refractivity contribution is 9.10. The Hall–Kier alpha value is -3.11. The minimum absolute atomic E-state index is 0.169. The first-order valence-electron chi connectivity index (χ1n) is 8.95. The molecule has 0 aliphatic carbocycles. The average molecular weight is 529 g/mol. The van der Waals surface area contributed by atoms with Gasteiger partial charge < -0.3 is 4.74 Å². The quantitative estimate of drug-likeness (QED) is 0.202. The van der Waals surface area contributed by atoms with E-state index in [9.17, 15) is 23.3 Å². The molecule has 32 heavy (non-hydrogen) atoms. The van der Waals surface area contributed by atoms with Crippen LogP contribution >= 0.6 is 27.5 Å². The molecule has 0 aromatic heterocycles. The first-order chi connectivity index (χ1) is 15.1. The molecule has 0 heterocycles. The molecule has 3 rings (SSSR count). The highest BCUT2D eigenvalue weighted by atomic mass is 79.9. The molecule has 166 valence electrons. The summed E-state index contributed by atoms with van der Waals surface area (Å²) in [5.74, 6) is 0.563. The highest BCUT2D eigenvalue weighted by Gasteiger charge is 2.33. The number of anilines is 1. The normalized spacial score (nSPS) is 11.5. The number of nitrogens with zero attached hydrogens (tertiary/aromatic N) is 2. The van der Waals surface area contributed by atoms with Crippen LogP contribution in [0.5, 0.6) is 5.75 Å². The van der Waals surface area contributed by atoms with Crippen molar-refractivity contribution in [1.82, 2.24) is 0 Å². The van der Waals surface area contributed by atoms with E-state index in [0.717, 1.165) is 17.7 Å². The number of hydrogen-bond donors (Lipinski definition) is 1. The molecular formula is C21H14BrClF3N3O3. The minimum Gasteiger partial charge on any atom is -0.488 e. The van der Waals surface area contributed by atoms with Gasteiger partial charge in [-0.05, 0) is 57.9 Å². The fraction of sp³-hybridized carbons (Fsp3) is 0.0952. The highest BCUT2D eigenvalue weighted by Crippen LogP contribution is 2.35. The molecule has 0 saturated heterocycles. The Balaban J connectivity index is 1.69. The van der Waals surface area contributed by atoms with E-state index in [1.54, 1.807) is 24.3 Å². The third kappa shape index (κ3) is 5.98. The summed E-state index contributed by atoms with van der Waals surface area (Å²) >= 11 is 9.51. The van der Waals surface area contributed by atoms with E-state index in [1.807, 2.05) is 18.2 Å². The molecule has 0 fully saturated rings. The van der Waals surface area contributed by atoms with Gasteiger partial charge in [0.15, 0.2) is 0 Å². The predicted octanol–water partition coefficient (Wildman–Crippen LogP) is 7.05. The number of ether oxygens (including phenoxy) is 1. The van der Waals surface area contributed by atoms with E-state index in [0.29, 0.717) is 26.9 Å². The van der Waals surface area contributed by atoms with Crippen molar-refractivity contribution in [3.8, 4) is 5.75 Å². The summed E-state index contributed by atoms with van der Waals surface area (Å²) < 4.78 is 44.7. The molecule has 0 radical (unpaired) electrons. The summed E-state index contributed by atoms with van der Waals surface area (Å²) in [6.07, 6.45) is -3.32. The number of nitrogens with one attached hydrogen (secondary N) is 1. The summed E-state index contributed by atoms with van der Waals surface area (Å²) in [5.41, 5.74) is 1.83. The van der Waals surface area contributed by atoms with E-state index < -0.39 is 22.4 Å². The number of nitro groups is 1. The Bertz CT molecular complexity index is 1170. The molecule has 0 aliphatic rings. The van der Waals surface area contributed by atoms with Gasteiger partial charge in [0.05, 0.1) is 21.2 Å². The summed E-state index contributed by atoms with van der Waals surface area (Å²) in [4.78, 5) is 10.2. The first-order valence-corrected chi connectivity index (χ1v) is 10.1. The molecule has 0 spiro atoms. The lowest BCUT2D eigenvalue weighted by molar-refractivity contribution is -0.384. The van der Waals surface area contributed by atoms with Crippen LogP contribution in [-0.4, -0.2) is 11.1 Å². The Kier molecular flexibility index (Phi) is 7.37. The van der Waals surface area contributed by atoms with Gasteiger partial charge in [-0.3, -0.25) is 15.5 Å². The van der Waals surface area contributed by atoms with Crippen molar-refractivity contribution in [2.45, 2.75) is 12.8 Å². The number of halogens is 5. The fourth-order valence-electron chi connectivity index (χ4n) is 2.62. The Morgan fingerprint density at radius 2 is 1.91 bits per heavy atom. The van der Waals surface area contributed by atoms with Crippen molar-refractivity contribution < 1.29 is 22.8 Å². The van der Waals surface area contributed by atoms with E-state index >= 15 is 0 Å². The lowest BCUT2D eigenvalue weighted by Gasteiger charge is -2.10. The van der Waals surface area contributed by atoms with E-state index in [-0.39, 0.29) is 12.3 Å². The molecule has 6 nitrogen and oxygen atoms in total. The molecule has 1 N–H and O–H groups in total. The number of hydrazone groups is 1. The van der Waals surface area contributed by atoms with Crippen molar-refractivity contribution in [2.75, 3.05) is 5.43 Å². The van der Waals surface area contributed by atoms with Crippen LogP contribution in [0.4, 0.5) is 24.5 Å². The maximum Gasteiger partial charge on any atom is 0.416 e. The zero-order chi connectivity index (χ0) is 23.3. The molecule has 0 aliphatic heterocycles. The van der Waals surface area contributed by atoms with Gasteiger partial charge >= 0.3 is 6.18 Å². The van der Waals surface area contributed by atoms with Gasteiger partial charge in [0.25, 0.3) is 5.69 Å². The third-order valence-electron chi connectivity index (χ3n) is 4.22. The second-order valence-electron chi connectivity index (χ2n) is 6.43. The van der Waals surface area contributed by atoms with Crippen molar-refractivity contribution in [3.05, 3.63) is 97.0 Å². The van der Waals surface area contributed by atoms with Crippen LogP contribution in [0.1, 0.15) is 16.7 Å². The number of hydrogen-bond acceptors (Lipinski definition) is 5. The second-order valence-corrected chi connectivity index (χ2v) is 7.69. The molecule has 0 unspecified atom stereocenters. The number of benzene rings is 3. The van der Waals surface area contributed by atoms with E-state index in [1.165, 1.54) is 6.21 Å². The summed E-state index contributed by atoms with van der Waals surface area (Å²) in [6, 6.07) is 14.5. The van der Waals surface area contributed by atoms with Gasteiger partial charge in [-0.25, -0.2) is 0 Å². The molecule has 0 amide bonds. The van der Waals surface area contributed by atoms with Gasteiger partial charge in [-0.1, -0.05) is 29.8 Å². The van der Waals surface area contributed by atoms with E-state index in [4.69, 9.17) is 16.3 Å². The van der Waals surface area contributed by atoms with Gasteiger partial charge in [0.1, 0.15) is 18.0 Å². The summed E-state index contributed by atoms with van der Waals surface area (Å²) in [5, 5.41) is 15.6. The van der Waals surface area contributed by atoms with Crippen LogP contribution in [0.15, 0.2) is 70.2 Å². The molecule has 3 aromatic rings. The monoisotopic (exact) mass is 527 g/mol. The lowest BCUT2D eigenvalue weighted by Crippen LogP contribution is -2.06. The van der Waals surface area contributed by atoms with Crippen LogP contribution in [0.3, 0.4) is 0 Å². The Labute approximate surface area is 193 Å². The van der Waals surface area contributed by atoms with Crippen LogP contribution < -0.4 is 10.2 Å². The van der Waals surface area contributed by atoms with Gasteiger partial charge in [0.2, 0.25) is 0 Å². The first kappa shape index (κ1) is 23.6. The predicted molar refractivity (Wildman–Crippen MR) is 119 cm³/mol. The molecule has 11 heteroatoms. The Morgan fingerprint density at radius 1 is 1.16 bits per heavy atom. The van der Waals surface area contributed by atoms with Gasteiger partial charge in [0, 0.05) is 16.7 Å². The number of rotatable bonds is 7. The van der Waals surface area contributed by atoms with Crippen LogP contribution in [0.25, 0.3) is 0 Å². The summed E-state index contributed by atoms with van der Waals surface area (Å²) in [7, 11) is 0. The lowest BCUT2D eigenvalue weighted by atomic mass is 10.1. The largest absolute Gasteiger partial charge is 0.488 e. The summed E-state index contributed by atoms with van der Waals surface area (Å²) in [6.45, 7) is 0.269. The zero-order valence-electron chi connectivity index (χ0n) is 16.1. The maximum atomic E-state index is 12.8. The fourth-order valence-corrected chi connectivity index (χ4v) is 3.32. The topological polar surface area (TPSA) is 76.8 Å². The molecule has 0 bridgehead atoms. The van der Waals surface area contributed by atoms with Gasteiger partial charge in [-0.15, -0.1) is 0 Å². The van der Waals surface area contributed by atoms with Crippen molar-refractivity contribution in [1.29, 1.82) is 0 Å². The standard InChI is InChI=1S/C21H14BrClF3N3O3/c22-16-9-13(5-8-20(16)32-12-14-3-1-2-4-17(14)23)11-27-28-18-7-6-15(21(24,25)26)10-19(18)29(30)31/h1-11,28H,12H2/b27-11-. The Morgan fingerprint density at radius 3 is 2.56 bits per heavy atom. The zero-order valence-corrected chi connectivity index (χ0v) is 18.4. The second kappa shape index (κ2) is 10.0. The van der Waals surface area contributed by atoms with Crippen molar-refractivity contribution in [2.24, 2.45) is 5.10 Å². The van der Waals surface area contributed by atoms with Crippen LogP contribution in [-0.2, 0) is 12.8 Å². The molecule has 0 saturated carbocycles. The van der Waals surface area contributed by atoms with Gasteiger partial charge in [-0.2, -0.15) is 18.3 Å². The minimum atomic E-state index is -4.69. The van der Waals surface area contributed by atoms with Crippen molar-refractivity contribution >= 4 is 45.1 Å². The maximum absolute atomic E-state index is 12.8. The smallest absolute Gasteiger partial charge is 0.416 e. The molecule has 0 atom stereocenters. The average Bonchev–Trinajstić information content (AvgIpc) is 2.73. The number of alkyl halides is 3. The third-order valence-corrected chi connectivity index (χ3v) is 5.21. The van der Waals surface area contributed by atoms with E-state index in [2.05, 4.69) is 26.5 Å². The molecule has 3 aromatic carbocycles. The SMILES string of the molecule is O=[N+]([O-])c1cc(C(F)(F)F)ccc1N/N=C\c1ccc(OCc2ccccc2Cl)c(Br)c1. The number of nitro benzene ring substituents is 1. The molecular weight excluding hydrogens is 515 g/mol. The van der Waals surface area contributed by atoms with Crippen molar-refractivity contribution in [3.63, 3.8) is 0 Å². The van der Waals surface area contributed by atoms with Crippen LogP contribution in [0.2, 0.25) is 5.02 Å².